The van der Waals surface area contributed by atoms with E-state index < -0.39 is 6.03 Å². The van der Waals surface area contributed by atoms with Crippen LogP contribution in [0.2, 0.25) is 0 Å². The molecule has 150 valence electrons. The number of hydrogen-bond donors (Lipinski definition) is 2. The lowest BCUT2D eigenvalue weighted by Crippen LogP contribution is -2.23. The largest absolute Gasteiger partial charge is 0.493 e. The molecule has 0 aromatic heterocycles. The fourth-order valence-electron chi connectivity index (χ4n) is 2.49. The van der Waals surface area contributed by atoms with Gasteiger partial charge in [-0.1, -0.05) is 12.1 Å². The molecule has 0 atom stereocenters. The Bertz CT molecular complexity index is 809. The van der Waals surface area contributed by atoms with Crippen LogP contribution in [0, 0.1) is 0 Å². The fraction of sp³-hybridized carbons (Fsp3) is 0.300. The summed E-state index contributed by atoms with van der Waals surface area (Å²) >= 11 is 0. The van der Waals surface area contributed by atoms with Gasteiger partial charge in [-0.2, -0.15) is 0 Å². The SMILES string of the molecule is COc1cc(NC(=O)Nc2ccc(CC(=O)N(C)C)cc2)cc(OC)c1OC. The standard InChI is InChI=1S/C20H25N3O5/c1-23(2)18(24)10-13-6-8-14(9-7-13)21-20(25)22-15-11-16(26-3)19(28-5)17(12-15)27-4/h6-9,11-12H,10H2,1-5H3,(H2,21,22,25). The summed E-state index contributed by atoms with van der Waals surface area (Å²) < 4.78 is 15.8. The van der Waals surface area contributed by atoms with Crippen LogP contribution >= 0.6 is 0 Å². The summed E-state index contributed by atoms with van der Waals surface area (Å²) in [5.41, 5.74) is 1.96. The van der Waals surface area contributed by atoms with Crippen molar-refractivity contribution in [1.82, 2.24) is 4.90 Å². The average Bonchev–Trinajstić information content (AvgIpc) is 2.68. The van der Waals surface area contributed by atoms with Crippen molar-refractivity contribution in [3.63, 3.8) is 0 Å². The zero-order valence-electron chi connectivity index (χ0n) is 16.7. The second-order valence-corrected chi connectivity index (χ2v) is 6.16. The maximum atomic E-state index is 12.3. The van der Waals surface area contributed by atoms with E-state index in [9.17, 15) is 9.59 Å². The number of amides is 3. The summed E-state index contributed by atoms with van der Waals surface area (Å²) in [6, 6.07) is 9.94. The summed E-state index contributed by atoms with van der Waals surface area (Å²) in [6.07, 6.45) is 0.310. The van der Waals surface area contributed by atoms with Gasteiger partial charge < -0.3 is 29.7 Å². The highest BCUT2D eigenvalue weighted by Crippen LogP contribution is 2.39. The molecular weight excluding hydrogens is 362 g/mol. The monoisotopic (exact) mass is 387 g/mol. The molecule has 0 aliphatic heterocycles. The minimum atomic E-state index is -0.425. The molecular formula is C20H25N3O5. The van der Waals surface area contributed by atoms with Gasteiger partial charge in [0.1, 0.15) is 0 Å². The predicted molar refractivity (Wildman–Crippen MR) is 108 cm³/mol. The Morgan fingerprint density at radius 3 is 1.86 bits per heavy atom. The summed E-state index contributed by atoms with van der Waals surface area (Å²) in [5, 5.41) is 5.47. The number of nitrogens with one attached hydrogen (secondary N) is 2. The van der Waals surface area contributed by atoms with Gasteiger partial charge in [-0.3, -0.25) is 4.79 Å². The second-order valence-electron chi connectivity index (χ2n) is 6.16. The van der Waals surface area contributed by atoms with Gasteiger partial charge in [-0.05, 0) is 17.7 Å². The van der Waals surface area contributed by atoms with Gasteiger partial charge in [0.05, 0.1) is 33.4 Å². The molecule has 2 rings (SSSR count). The van der Waals surface area contributed by atoms with Gasteiger partial charge in [-0.15, -0.1) is 0 Å². The molecule has 0 aliphatic carbocycles. The lowest BCUT2D eigenvalue weighted by Gasteiger charge is -2.15. The highest BCUT2D eigenvalue weighted by atomic mass is 16.5. The first-order valence-electron chi connectivity index (χ1n) is 8.55. The Morgan fingerprint density at radius 1 is 0.857 bits per heavy atom. The molecule has 2 aromatic carbocycles. The van der Waals surface area contributed by atoms with Gasteiger partial charge in [-0.25, -0.2) is 4.79 Å². The summed E-state index contributed by atoms with van der Waals surface area (Å²) in [4.78, 5) is 25.6. The highest BCUT2D eigenvalue weighted by molar-refractivity contribution is 6.00. The third-order valence-corrected chi connectivity index (χ3v) is 3.99. The number of anilines is 2. The van der Waals surface area contributed by atoms with Crippen molar-refractivity contribution in [2.75, 3.05) is 46.1 Å². The predicted octanol–water partition coefficient (Wildman–Crippen LogP) is 2.99. The molecule has 0 heterocycles. The minimum Gasteiger partial charge on any atom is -0.493 e. The number of nitrogens with zero attached hydrogens (tertiary/aromatic N) is 1. The van der Waals surface area contributed by atoms with Crippen molar-refractivity contribution in [2.24, 2.45) is 0 Å². The number of ether oxygens (including phenoxy) is 3. The average molecular weight is 387 g/mol. The summed E-state index contributed by atoms with van der Waals surface area (Å²) in [5.74, 6) is 1.33. The van der Waals surface area contributed by atoms with Crippen LogP contribution < -0.4 is 24.8 Å². The quantitative estimate of drug-likeness (QED) is 0.762. The van der Waals surface area contributed by atoms with Gasteiger partial charge in [0.2, 0.25) is 11.7 Å². The van der Waals surface area contributed by atoms with Crippen molar-refractivity contribution < 1.29 is 23.8 Å². The van der Waals surface area contributed by atoms with E-state index in [4.69, 9.17) is 14.2 Å². The lowest BCUT2D eigenvalue weighted by molar-refractivity contribution is -0.127. The van der Waals surface area contributed by atoms with E-state index in [0.717, 1.165) is 5.56 Å². The molecule has 8 heteroatoms. The minimum absolute atomic E-state index is 0.0147. The first-order chi connectivity index (χ1) is 13.4. The van der Waals surface area contributed by atoms with E-state index in [2.05, 4.69) is 10.6 Å². The molecule has 0 radical (unpaired) electrons. The van der Waals surface area contributed by atoms with Crippen molar-refractivity contribution in [3.05, 3.63) is 42.0 Å². The molecule has 2 N–H and O–H groups in total. The normalized spacial score (nSPS) is 10.0. The van der Waals surface area contributed by atoms with Crippen LogP contribution in [-0.2, 0) is 11.2 Å². The zero-order chi connectivity index (χ0) is 20.7. The van der Waals surface area contributed by atoms with Gasteiger partial charge in [0, 0.05) is 31.9 Å². The first kappa shape index (κ1) is 20.9. The third kappa shape index (κ3) is 5.29. The highest BCUT2D eigenvalue weighted by Gasteiger charge is 2.14. The van der Waals surface area contributed by atoms with Crippen LogP contribution in [0.5, 0.6) is 17.2 Å². The molecule has 3 amide bonds. The van der Waals surface area contributed by atoms with E-state index in [1.807, 2.05) is 0 Å². The lowest BCUT2D eigenvalue weighted by atomic mass is 10.1. The Hall–Kier alpha value is -3.42. The van der Waals surface area contributed by atoms with Crippen molar-refractivity contribution in [3.8, 4) is 17.2 Å². The van der Waals surface area contributed by atoms with Crippen LogP contribution in [0.4, 0.5) is 16.2 Å². The Balaban J connectivity index is 2.05. The van der Waals surface area contributed by atoms with E-state index >= 15 is 0 Å². The molecule has 0 spiro atoms. The van der Waals surface area contributed by atoms with E-state index in [1.165, 1.54) is 26.2 Å². The second kappa shape index (κ2) is 9.50. The number of carbonyl (C=O) groups is 2. The Labute approximate surface area is 164 Å². The van der Waals surface area contributed by atoms with Crippen LogP contribution in [0.3, 0.4) is 0 Å². The third-order valence-electron chi connectivity index (χ3n) is 3.99. The van der Waals surface area contributed by atoms with Gasteiger partial charge in [0.15, 0.2) is 11.5 Å². The molecule has 8 nitrogen and oxygen atoms in total. The number of hydrogen-bond acceptors (Lipinski definition) is 5. The molecule has 0 bridgehead atoms. The number of carbonyl (C=O) groups excluding carboxylic acids is 2. The maximum Gasteiger partial charge on any atom is 0.323 e. The van der Waals surface area contributed by atoms with Crippen LogP contribution in [0.1, 0.15) is 5.56 Å². The van der Waals surface area contributed by atoms with E-state index in [0.29, 0.717) is 35.0 Å². The molecule has 28 heavy (non-hydrogen) atoms. The van der Waals surface area contributed by atoms with Crippen molar-refractivity contribution >= 4 is 23.3 Å². The first-order valence-corrected chi connectivity index (χ1v) is 8.55. The topological polar surface area (TPSA) is 89.1 Å². The van der Waals surface area contributed by atoms with Gasteiger partial charge >= 0.3 is 6.03 Å². The van der Waals surface area contributed by atoms with Crippen molar-refractivity contribution in [1.29, 1.82) is 0 Å². The molecule has 2 aromatic rings. The van der Waals surface area contributed by atoms with Crippen LogP contribution in [0.15, 0.2) is 36.4 Å². The number of likely N-dealkylation sites (N-methyl/N-ethyl adjacent to an activating group) is 1. The molecule has 0 saturated carbocycles. The van der Waals surface area contributed by atoms with E-state index in [-0.39, 0.29) is 5.91 Å². The maximum absolute atomic E-state index is 12.3. The Morgan fingerprint density at radius 2 is 1.39 bits per heavy atom. The van der Waals surface area contributed by atoms with E-state index in [1.54, 1.807) is 50.5 Å². The van der Waals surface area contributed by atoms with Crippen molar-refractivity contribution in [2.45, 2.75) is 6.42 Å². The van der Waals surface area contributed by atoms with Gasteiger partial charge in [0.25, 0.3) is 0 Å². The smallest absolute Gasteiger partial charge is 0.323 e. The van der Waals surface area contributed by atoms with Crippen LogP contribution in [0.25, 0.3) is 0 Å². The number of rotatable bonds is 7. The fourth-order valence-corrected chi connectivity index (χ4v) is 2.49. The molecule has 0 unspecified atom stereocenters. The Kier molecular flexibility index (Phi) is 7.08. The summed E-state index contributed by atoms with van der Waals surface area (Å²) in [6.45, 7) is 0. The summed E-state index contributed by atoms with van der Waals surface area (Å²) in [7, 11) is 7.95. The number of urea groups is 1. The number of methoxy groups -OCH3 is 3. The molecule has 0 saturated heterocycles. The van der Waals surface area contributed by atoms with Crippen LogP contribution in [-0.4, -0.2) is 52.3 Å². The zero-order valence-corrected chi connectivity index (χ0v) is 16.7. The molecule has 0 fully saturated rings. The molecule has 0 aliphatic rings. The number of benzene rings is 2.